The van der Waals surface area contributed by atoms with E-state index in [1.54, 1.807) is 0 Å². The molecule has 156 valence electrons. The van der Waals surface area contributed by atoms with Crippen molar-refractivity contribution in [3.8, 4) is 0 Å². The van der Waals surface area contributed by atoms with Crippen LogP contribution in [0.4, 0.5) is 0 Å². The summed E-state index contributed by atoms with van der Waals surface area (Å²) in [6, 6.07) is 2.77. The summed E-state index contributed by atoms with van der Waals surface area (Å²) in [7, 11) is 1.85. The summed E-state index contributed by atoms with van der Waals surface area (Å²) >= 11 is 0. The van der Waals surface area contributed by atoms with Crippen molar-refractivity contribution in [1.82, 2.24) is 25.3 Å². The molecule has 1 atom stereocenters. The highest BCUT2D eigenvalue weighted by molar-refractivity contribution is 14.0. The fourth-order valence-electron chi connectivity index (χ4n) is 3.72. The Kier molecular flexibility index (Phi) is 12.0. The Balaban J connectivity index is 0.00000364. The minimum atomic E-state index is 0. The highest BCUT2D eigenvalue weighted by atomic mass is 127. The van der Waals surface area contributed by atoms with Gasteiger partial charge in [0.2, 0.25) is 0 Å². The normalized spacial score (nSPS) is 18.2. The Morgan fingerprint density at radius 1 is 1.22 bits per heavy atom. The second-order valence-corrected chi connectivity index (χ2v) is 7.42. The number of aromatic nitrogens is 2. The van der Waals surface area contributed by atoms with Crippen LogP contribution in [0.1, 0.15) is 56.8 Å². The van der Waals surface area contributed by atoms with Gasteiger partial charge in [-0.2, -0.15) is 5.10 Å². The quantitative estimate of drug-likeness (QED) is 0.241. The number of piperidine rings is 1. The molecule has 1 fully saturated rings. The van der Waals surface area contributed by atoms with E-state index in [2.05, 4.69) is 50.2 Å². The number of rotatable bonds is 9. The first-order chi connectivity index (χ1) is 12.6. The molecule has 0 aliphatic carbocycles. The highest BCUT2D eigenvalue weighted by Crippen LogP contribution is 2.17. The first-order valence-corrected chi connectivity index (χ1v) is 10.3. The van der Waals surface area contributed by atoms with Gasteiger partial charge in [0, 0.05) is 38.4 Å². The summed E-state index contributed by atoms with van der Waals surface area (Å²) in [6.07, 6.45) is 7.61. The maximum atomic E-state index is 4.51. The Morgan fingerprint density at radius 2 is 2.04 bits per heavy atom. The lowest BCUT2D eigenvalue weighted by Crippen LogP contribution is -2.49. The zero-order valence-electron chi connectivity index (χ0n) is 17.6. The molecule has 1 aromatic rings. The van der Waals surface area contributed by atoms with Crippen LogP contribution >= 0.6 is 24.0 Å². The largest absolute Gasteiger partial charge is 0.356 e. The Bertz CT molecular complexity index is 557. The predicted molar refractivity (Wildman–Crippen MR) is 125 cm³/mol. The average Bonchev–Trinajstić information content (AvgIpc) is 2.97. The van der Waals surface area contributed by atoms with E-state index in [1.165, 1.54) is 50.9 Å². The van der Waals surface area contributed by atoms with Gasteiger partial charge < -0.3 is 10.6 Å². The van der Waals surface area contributed by atoms with Crippen LogP contribution in [0.2, 0.25) is 0 Å². The monoisotopic (exact) mass is 490 g/mol. The van der Waals surface area contributed by atoms with E-state index in [1.807, 2.05) is 14.0 Å². The van der Waals surface area contributed by atoms with Crippen LogP contribution in [0, 0.1) is 13.8 Å². The summed E-state index contributed by atoms with van der Waals surface area (Å²) in [5, 5.41) is 11.5. The number of hydrogen-bond donors (Lipinski definition) is 2. The zero-order chi connectivity index (χ0) is 18.8. The fourth-order valence-corrected chi connectivity index (χ4v) is 3.72. The molecule has 1 aliphatic heterocycles. The maximum Gasteiger partial charge on any atom is 0.191 e. The van der Waals surface area contributed by atoms with Crippen molar-refractivity contribution >= 4 is 29.9 Å². The lowest BCUT2D eigenvalue weighted by atomic mass is 10.0. The van der Waals surface area contributed by atoms with Gasteiger partial charge in [0.05, 0.1) is 5.69 Å². The predicted octanol–water partition coefficient (Wildman–Crippen LogP) is 3.33. The third kappa shape index (κ3) is 8.37. The average molecular weight is 490 g/mol. The molecule has 0 radical (unpaired) electrons. The van der Waals surface area contributed by atoms with Crippen molar-refractivity contribution in [3.63, 3.8) is 0 Å². The molecule has 2 rings (SSSR count). The molecule has 0 saturated carbocycles. The SMILES string of the molecule is CCCCN1CCCCC1CNC(=NC)NCCCn1nc(C)cc1C.I. The molecule has 27 heavy (non-hydrogen) atoms. The number of guanidine groups is 1. The van der Waals surface area contributed by atoms with E-state index in [0.29, 0.717) is 6.04 Å². The van der Waals surface area contributed by atoms with Crippen LogP contribution in [0.25, 0.3) is 0 Å². The molecule has 0 spiro atoms. The van der Waals surface area contributed by atoms with Crippen LogP contribution in [-0.4, -0.2) is 59.9 Å². The maximum absolute atomic E-state index is 4.51. The van der Waals surface area contributed by atoms with E-state index >= 15 is 0 Å². The van der Waals surface area contributed by atoms with Crippen molar-refractivity contribution < 1.29 is 0 Å². The second-order valence-electron chi connectivity index (χ2n) is 7.42. The van der Waals surface area contributed by atoms with Crippen LogP contribution in [0.3, 0.4) is 0 Å². The summed E-state index contributed by atoms with van der Waals surface area (Å²) in [5.74, 6) is 0.916. The molecule has 1 unspecified atom stereocenters. The van der Waals surface area contributed by atoms with Gasteiger partial charge in [-0.3, -0.25) is 14.6 Å². The molecule has 2 N–H and O–H groups in total. The Labute approximate surface area is 182 Å². The number of unbranched alkanes of at least 4 members (excludes halogenated alkanes) is 1. The number of nitrogens with zero attached hydrogens (tertiary/aromatic N) is 4. The van der Waals surface area contributed by atoms with Crippen molar-refractivity contribution in [3.05, 3.63) is 17.5 Å². The van der Waals surface area contributed by atoms with Gasteiger partial charge in [0.25, 0.3) is 0 Å². The highest BCUT2D eigenvalue weighted by Gasteiger charge is 2.21. The van der Waals surface area contributed by atoms with Gasteiger partial charge in [-0.25, -0.2) is 0 Å². The van der Waals surface area contributed by atoms with Crippen molar-refractivity contribution in [2.45, 2.75) is 71.9 Å². The minimum absolute atomic E-state index is 0. The molecule has 7 heteroatoms. The molecule has 6 nitrogen and oxygen atoms in total. The third-order valence-electron chi connectivity index (χ3n) is 5.22. The molecular weight excluding hydrogens is 451 g/mol. The lowest BCUT2D eigenvalue weighted by Gasteiger charge is -2.36. The Hall–Kier alpha value is -0.830. The molecule has 2 heterocycles. The van der Waals surface area contributed by atoms with Crippen LogP contribution in [0.5, 0.6) is 0 Å². The summed E-state index contributed by atoms with van der Waals surface area (Å²) < 4.78 is 2.08. The summed E-state index contributed by atoms with van der Waals surface area (Å²) in [5.41, 5.74) is 2.32. The standard InChI is InChI=1S/C20H38N6.HI/c1-5-6-12-25-13-8-7-10-19(25)16-23-20(21-4)22-11-9-14-26-18(3)15-17(2)24-26;/h15,19H,5-14,16H2,1-4H3,(H2,21,22,23);1H. The molecule has 1 aromatic heterocycles. The third-order valence-corrected chi connectivity index (χ3v) is 5.22. The fraction of sp³-hybridized carbons (Fsp3) is 0.800. The van der Waals surface area contributed by atoms with Crippen LogP contribution in [0.15, 0.2) is 11.1 Å². The van der Waals surface area contributed by atoms with Crippen LogP contribution in [-0.2, 0) is 6.54 Å². The summed E-state index contributed by atoms with van der Waals surface area (Å²) in [4.78, 5) is 7.04. The number of aliphatic imine (C=N–C) groups is 1. The smallest absolute Gasteiger partial charge is 0.191 e. The van der Waals surface area contributed by atoms with E-state index in [-0.39, 0.29) is 24.0 Å². The first-order valence-electron chi connectivity index (χ1n) is 10.3. The number of aryl methyl sites for hydroxylation is 3. The topological polar surface area (TPSA) is 57.5 Å². The molecule has 1 aliphatic rings. The van der Waals surface area contributed by atoms with E-state index in [4.69, 9.17) is 0 Å². The van der Waals surface area contributed by atoms with Gasteiger partial charge >= 0.3 is 0 Å². The van der Waals surface area contributed by atoms with E-state index < -0.39 is 0 Å². The number of likely N-dealkylation sites (tertiary alicyclic amines) is 1. The number of nitrogens with one attached hydrogen (secondary N) is 2. The second kappa shape index (κ2) is 13.4. The van der Waals surface area contributed by atoms with Crippen molar-refractivity contribution in [2.24, 2.45) is 4.99 Å². The van der Waals surface area contributed by atoms with E-state index in [0.717, 1.165) is 37.7 Å². The van der Waals surface area contributed by atoms with Crippen molar-refractivity contribution in [2.75, 3.05) is 33.2 Å². The van der Waals surface area contributed by atoms with Gasteiger partial charge in [0.15, 0.2) is 5.96 Å². The van der Waals surface area contributed by atoms with Gasteiger partial charge in [0.1, 0.15) is 0 Å². The molecule has 0 bridgehead atoms. The zero-order valence-corrected chi connectivity index (χ0v) is 20.0. The number of hydrogen-bond acceptors (Lipinski definition) is 3. The van der Waals surface area contributed by atoms with Gasteiger partial charge in [-0.05, 0) is 58.7 Å². The van der Waals surface area contributed by atoms with Gasteiger partial charge in [-0.15, -0.1) is 24.0 Å². The molecule has 0 amide bonds. The first kappa shape index (κ1) is 24.2. The van der Waals surface area contributed by atoms with E-state index in [9.17, 15) is 0 Å². The lowest BCUT2D eigenvalue weighted by molar-refractivity contribution is 0.147. The Morgan fingerprint density at radius 3 is 2.70 bits per heavy atom. The van der Waals surface area contributed by atoms with Crippen molar-refractivity contribution in [1.29, 1.82) is 0 Å². The van der Waals surface area contributed by atoms with Gasteiger partial charge in [-0.1, -0.05) is 19.8 Å². The van der Waals surface area contributed by atoms with Crippen LogP contribution < -0.4 is 10.6 Å². The number of halogens is 1. The molecular formula is C20H39IN6. The molecule has 1 saturated heterocycles. The molecule has 0 aromatic carbocycles. The summed E-state index contributed by atoms with van der Waals surface area (Å²) in [6.45, 7) is 11.7. The minimum Gasteiger partial charge on any atom is -0.356 e.